The fourth-order valence-corrected chi connectivity index (χ4v) is 1.82. The molecule has 0 aromatic rings. The molecule has 0 radical (unpaired) electrons. The molecular formula is C10H18N2O4. The van der Waals surface area contributed by atoms with E-state index in [1.807, 2.05) is 6.92 Å². The van der Waals surface area contributed by atoms with Crippen LogP contribution in [0.15, 0.2) is 0 Å². The van der Waals surface area contributed by atoms with E-state index >= 15 is 0 Å². The summed E-state index contributed by atoms with van der Waals surface area (Å²) in [6, 6.07) is -0.896. The standard InChI is InChI=1S/C10H18N2O4/c1-6(4-11)2-9(14)12-5-7(13)3-8(12)10(15)16/h6-8,13H,2-5,11H2,1H3,(H,15,16)/t6?,7?,8-/m0/s1. The van der Waals surface area contributed by atoms with Gasteiger partial charge in [-0.05, 0) is 12.5 Å². The summed E-state index contributed by atoms with van der Waals surface area (Å²) in [5.74, 6) is -1.29. The topological polar surface area (TPSA) is 104 Å². The molecule has 1 fully saturated rings. The second-order valence-corrected chi connectivity index (χ2v) is 4.33. The third kappa shape index (κ3) is 2.93. The Morgan fingerprint density at radius 3 is 2.69 bits per heavy atom. The van der Waals surface area contributed by atoms with E-state index in [2.05, 4.69) is 0 Å². The predicted molar refractivity (Wildman–Crippen MR) is 56.6 cm³/mol. The molecule has 0 aromatic carbocycles. The van der Waals surface area contributed by atoms with Gasteiger partial charge in [-0.1, -0.05) is 6.92 Å². The van der Waals surface area contributed by atoms with Gasteiger partial charge in [-0.25, -0.2) is 4.79 Å². The Morgan fingerprint density at radius 1 is 1.56 bits per heavy atom. The first-order valence-electron chi connectivity index (χ1n) is 5.36. The van der Waals surface area contributed by atoms with Crippen LogP contribution in [0.4, 0.5) is 0 Å². The van der Waals surface area contributed by atoms with Crippen LogP contribution < -0.4 is 5.73 Å². The van der Waals surface area contributed by atoms with Crippen molar-refractivity contribution >= 4 is 11.9 Å². The van der Waals surface area contributed by atoms with Gasteiger partial charge < -0.3 is 20.8 Å². The number of amides is 1. The molecule has 6 nitrogen and oxygen atoms in total. The van der Waals surface area contributed by atoms with Crippen LogP contribution in [0.3, 0.4) is 0 Å². The lowest BCUT2D eigenvalue weighted by Gasteiger charge is -2.22. The molecule has 4 N–H and O–H groups in total. The maximum Gasteiger partial charge on any atom is 0.326 e. The molecule has 0 spiro atoms. The lowest BCUT2D eigenvalue weighted by atomic mass is 10.1. The van der Waals surface area contributed by atoms with Gasteiger partial charge >= 0.3 is 5.97 Å². The Hall–Kier alpha value is -1.14. The first kappa shape index (κ1) is 12.9. The zero-order valence-corrected chi connectivity index (χ0v) is 9.30. The van der Waals surface area contributed by atoms with Crippen molar-refractivity contribution in [2.24, 2.45) is 11.7 Å². The maximum atomic E-state index is 11.8. The predicted octanol–water partition coefficient (Wildman–Crippen LogP) is -0.982. The van der Waals surface area contributed by atoms with E-state index in [1.165, 1.54) is 4.90 Å². The normalized spacial score (nSPS) is 26.8. The Balaban J connectivity index is 2.63. The fraction of sp³-hybridized carbons (Fsp3) is 0.800. The quantitative estimate of drug-likeness (QED) is 0.575. The van der Waals surface area contributed by atoms with E-state index < -0.39 is 18.1 Å². The summed E-state index contributed by atoms with van der Waals surface area (Å²) in [7, 11) is 0. The number of hydrogen-bond donors (Lipinski definition) is 3. The van der Waals surface area contributed by atoms with Crippen molar-refractivity contribution in [3.63, 3.8) is 0 Å². The van der Waals surface area contributed by atoms with Crippen molar-refractivity contribution in [3.05, 3.63) is 0 Å². The lowest BCUT2D eigenvalue weighted by molar-refractivity contribution is -0.148. The summed E-state index contributed by atoms with van der Waals surface area (Å²) in [6.07, 6.45) is -0.399. The number of carbonyl (C=O) groups excluding carboxylic acids is 1. The summed E-state index contributed by atoms with van der Waals surface area (Å²) in [5, 5.41) is 18.3. The SMILES string of the molecule is CC(CN)CC(=O)N1CC(O)C[C@H]1C(=O)O. The number of aliphatic carboxylic acids is 1. The Kier molecular flexibility index (Phi) is 4.26. The van der Waals surface area contributed by atoms with Crippen LogP contribution >= 0.6 is 0 Å². The molecule has 1 amide bonds. The average molecular weight is 230 g/mol. The van der Waals surface area contributed by atoms with Crippen LogP contribution in [0.5, 0.6) is 0 Å². The van der Waals surface area contributed by atoms with Crippen molar-refractivity contribution in [2.45, 2.75) is 31.9 Å². The number of rotatable bonds is 4. The number of hydrogen-bond acceptors (Lipinski definition) is 4. The van der Waals surface area contributed by atoms with Crippen LogP contribution in [-0.4, -0.2) is 52.2 Å². The molecule has 0 bridgehead atoms. The van der Waals surface area contributed by atoms with Crippen LogP contribution in [0, 0.1) is 5.92 Å². The van der Waals surface area contributed by atoms with E-state index in [1.54, 1.807) is 0 Å². The Bertz CT molecular complexity index is 282. The zero-order chi connectivity index (χ0) is 12.3. The van der Waals surface area contributed by atoms with Gasteiger partial charge in [0.05, 0.1) is 6.10 Å². The highest BCUT2D eigenvalue weighted by Gasteiger charge is 2.38. The minimum atomic E-state index is -1.06. The minimum Gasteiger partial charge on any atom is -0.480 e. The summed E-state index contributed by atoms with van der Waals surface area (Å²) in [4.78, 5) is 23.9. The van der Waals surface area contributed by atoms with E-state index in [0.29, 0.717) is 6.54 Å². The third-order valence-corrected chi connectivity index (χ3v) is 2.81. The fourth-order valence-electron chi connectivity index (χ4n) is 1.82. The highest BCUT2D eigenvalue weighted by atomic mass is 16.4. The summed E-state index contributed by atoms with van der Waals surface area (Å²) in [5.41, 5.74) is 5.40. The largest absolute Gasteiger partial charge is 0.480 e. The molecule has 3 atom stereocenters. The molecule has 1 rings (SSSR count). The molecule has 2 unspecified atom stereocenters. The molecule has 0 saturated carbocycles. The van der Waals surface area contributed by atoms with Crippen LogP contribution in [0.2, 0.25) is 0 Å². The molecule has 1 aliphatic rings. The Morgan fingerprint density at radius 2 is 2.19 bits per heavy atom. The second-order valence-electron chi connectivity index (χ2n) is 4.33. The van der Waals surface area contributed by atoms with Crippen molar-refractivity contribution in [1.82, 2.24) is 4.90 Å². The zero-order valence-electron chi connectivity index (χ0n) is 9.30. The van der Waals surface area contributed by atoms with Gasteiger partial charge in [0, 0.05) is 19.4 Å². The van der Waals surface area contributed by atoms with Gasteiger partial charge in [0.2, 0.25) is 5.91 Å². The summed E-state index contributed by atoms with van der Waals surface area (Å²) in [6.45, 7) is 2.33. The van der Waals surface area contributed by atoms with Crippen molar-refractivity contribution in [1.29, 1.82) is 0 Å². The van der Waals surface area contributed by atoms with Gasteiger partial charge in [0.25, 0.3) is 0 Å². The number of likely N-dealkylation sites (tertiary alicyclic amines) is 1. The van der Waals surface area contributed by atoms with Crippen molar-refractivity contribution in [3.8, 4) is 0 Å². The third-order valence-electron chi connectivity index (χ3n) is 2.81. The number of aliphatic hydroxyl groups excluding tert-OH is 1. The van der Waals surface area contributed by atoms with E-state index in [9.17, 15) is 14.7 Å². The highest BCUT2D eigenvalue weighted by molar-refractivity contribution is 5.84. The molecule has 1 heterocycles. The summed E-state index contributed by atoms with van der Waals surface area (Å²) >= 11 is 0. The van der Waals surface area contributed by atoms with Crippen LogP contribution in [0.25, 0.3) is 0 Å². The van der Waals surface area contributed by atoms with Gasteiger partial charge in [0.1, 0.15) is 6.04 Å². The number of carboxylic acid groups (broad SMARTS) is 1. The summed E-state index contributed by atoms with van der Waals surface area (Å²) < 4.78 is 0. The van der Waals surface area contributed by atoms with Gasteiger partial charge in [-0.3, -0.25) is 4.79 Å². The molecule has 16 heavy (non-hydrogen) atoms. The van der Waals surface area contributed by atoms with Crippen LogP contribution in [-0.2, 0) is 9.59 Å². The molecule has 0 aliphatic carbocycles. The van der Waals surface area contributed by atoms with Crippen molar-refractivity contribution in [2.75, 3.05) is 13.1 Å². The van der Waals surface area contributed by atoms with Crippen molar-refractivity contribution < 1.29 is 19.8 Å². The second kappa shape index (κ2) is 5.27. The number of nitrogens with zero attached hydrogens (tertiary/aromatic N) is 1. The number of carboxylic acids is 1. The first-order chi connectivity index (χ1) is 7.45. The van der Waals surface area contributed by atoms with Gasteiger partial charge in [0.15, 0.2) is 0 Å². The molecular weight excluding hydrogens is 212 g/mol. The molecule has 1 saturated heterocycles. The average Bonchev–Trinajstić information content (AvgIpc) is 2.60. The molecule has 92 valence electrons. The number of β-amino-alcohol motifs (C(OH)–C–C–N with tert-alkyl or cyclic N) is 1. The molecule has 0 aromatic heterocycles. The highest BCUT2D eigenvalue weighted by Crippen LogP contribution is 2.20. The Labute approximate surface area is 94.0 Å². The number of carbonyl (C=O) groups is 2. The van der Waals surface area contributed by atoms with Gasteiger partial charge in [-0.15, -0.1) is 0 Å². The lowest BCUT2D eigenvalue weighted by Crippen LogP contribution is -2.41. The van der Waals surface area contributed by atoms with Gasteiger partial charge in [-0.2, -0.15) is 0 Å². The smallest absolute Gasteiger partial charge is 0.326 e. The first-order valence-corrected chi connectivity index (χ1v) is 5.36. The van der Waals surface area contributed by atoms with E-state index in [4.69, 9.17) is 10.8 Å². The van der Waals surface area contributed by atoms with Crippen LogP contribution in [0.1, 0.15) is 19.8 Å². The van der Waals surface area contributed by atoms with E-state index in [0.717, 1.165) is 0 Å². The molecule has 1 aliphatic heterocycles. The van der Waals surface area contributed by atoms with E-state index in [-0.39, 0.29) is 31.2 Å². The maximum absolute atomic E-state index is 11.8. The molecule has 6 heteroatoms. The number of nitrogens with two attached hydrogens (primary N) is 1. The number of aliphatic hydroxyl groups is 1. The minimum absolute atomic E-state index is 0.0275. The monoisotopic (exact) mass is 230 g/mol.